The van der Waals surface area contributed by atoms with Gasteiger partial charge in [0.2, 0.25) is 0 Å². The van der Waals surface area contributed by atoms with E-state index in [9.17, 15) is 0 Å². The van der Waals surface area contributed by atoms with Crippen molar-refractivity contribution in [1.29, 1.82) is 0 Å². The van der Waals surface area contributed by atoms with Crippen molar-refractivity contribution in [2.24, 2.45) is 0 Å². The minimum absolute atomic E-state index is 0.287. The molecule has 0 saturated carbocycles. The summed E-state index contributed by atoms with van der Waals surface area (Å²) >= 11 is 5.88. The fourth-order valence-electron chi connectivity index (χ4n) is 1.31. The molecule has 0 spiro atoms. The van der Waals surface area contributed by atoms with E-state index in [0.29, 0.717) is 0 Å². The average molecular weight is 222 g/mol. The van der Waals surface area contributed by atoms with Gasteiger partial charge >= 0.3 is 0 Å². The lowest BCUT2D eigenvalue weighted by atomic mass is 10.1. The van der Waals surface area contributed by atoms with E-state index in [1.807, 2.05) is 42.5 Å². The van der Waals surface area contributed by atoms with Gasteiger partial charge in [-0.25, -0.2) is 0 Å². The molecule has 0 fully saturated rings. The molecule has 1 atom stereocenters. The zero-order valence-corrected chi connectivity index (χ0v) is 9.20. The molecule has 70 valence electrons. The molecule has 1 aromatic carbocycles. The number of benzene rings is 1. The van der Waals surface area contributed by atoms with Crippen molar-refractivity contribution in [1.82, 2.24) is 4.98 Å². The van der Waals surface area contributed by atoms with Crippen LogP contribution in [0, 0.1) is 0 Å². The van der Waals surface area contributed by atoms with Gasteiger partial charge in [0, 0.05) is 19.7 Å². The van der Waals surface area contributed by atoms with Gasteiger partial charge in [-0.1, -0.05) is 41.6 Å². The highest BCUT2D eigenvalue weighted by molar-refractivity contribution is 7.75. The highest BCUT2D eigenvalue weighted by Crippen LogP contribution is 2.24. The standard InChI is InChI=1S/C11H9ClNP/c12-14-11-7-2-1-5-9(11)10-6-3-4-8-13-10/h1-8,14H. The van der Waals surface area contributed by atoms with Crippen LogP contribution in [0.3, 0.4) is 0 Å². The molecule has 1 aromatic heterocycles. The zero-order valence-electron chi connectivity index (χ0n) is 7.44. The van der Waals surface area contributed by atoms with Gasteiger partial charge in [0.25, 0.3) is 0 Å². The lowest BCUT2D eigenvalue weighted by Crippen LogP contribution is -1.98. The lowest BCUT2D eigenvalue weighted by molar-refractivity contribution is 1.33. The lowest BCUT2D eigenvalue weighted by Gasteiger charge is -2.04. The van der Waals surface area contributed by atoms with Crippen molar-refractivity contribution in [3.05, 3.63) is 48.7 Å². The molecule has 0 aliphatic heterocycles. The minimum atomic E-state index is 0.287. The Bertz CT molecular complexity index is 417. The van der Waals surface area contributed by atoms with Crippen LogP contribution in [0.15, 0.2) is 48.7 Å². The summed E-state index contributed by atoms with van der Waals surface area (Å²) in [4.78, 5) is 4.30. The summed E-state index contributed by atoms with van der Waals surface area (Å²) in [5.74, 6) is 0. The van der Waals surface area contributed by atoms with Gasteiger partial charge < -0.3 is 0 Å². The molecule has 14 heavy (non-hydrogen) atoms. The Hall–Kier alpha value is -0.910. The number of pyridine rings is 1. The van der Waals surface area contributed by atoms with Gasteiger partial charge in [-0.05, 0) is 17.4 Å². The maximum Gasteiger partial charge on any atom is 0.0708 e. The summed E-state index contributed by atoms with van der Waals surface area (Å²) in [6.07, 6.45) is 1.80. The van der Waals surface area contributed by atoms with Crippen molar-refractivity contribution in [3.63, 3.8) is 0 Å². The van der Waals surface area contributed by atoms with E-state index < -0.39 is 0 Å². The Morgan fingerprint density at radius 1 is 1.00 bits per heavy atom. The van der Waals surface area contributed by atoms with Gasteiger partial charge in [0.1, 0.15) is 0 Å². The number of hydrogen-bond donors (Lipinski definition) is 0. The first-order chi connectivity index (χ1) is 6.92. The highest BCUT2D eigenvalue weighted by atomic mass is 35.7. The normalized spacial score (nSPS) is 10.9. The number of halogens is 1. The smallest absolute Gasteiger partial charge is 0.0708 e. The SMILES string of the molecule is ClPc1ccccc1-c1ccccn1. The molecule has 1 unspecified atom stereocenters. The molecule has 1 nitrogen and oxygen atoms in total. The van der Waals surface area contributed by atoms with Crippen molar-refractivity contribution < 1.29 is 0 Å². The van der Waals surface area contributed by atoms with Crippen LogP contribution in [0.2, 0.25) is 0 Å². The summed E-state index contributed by atoms with van der Waals surface area (Å²) in [5, 5.41) is 1.15. The molecule has 3 heteroatoms. The molecule has 0 radical (unpaired) electrons. The van der Waals surface area contributed by atoms with Crippen LogP contribution in [0.5, 0.6) is 0 Å². The first-order valence-electron chi connectivity index (χ1n) is 4.29. The zero-order chi connectivity index (χ0) is 9.80. The molecular weight excluding hydrogens is 213 g/mol. The Labute approximate surface area is 89.7 Å². The third-order valence-corrected chi connectivity index (χ3v) is 3.22. The highest BCUT2D eigenvalue weighted by Gasteiger charge is 2.03. The largest absolute Gasteiger partial charge is 0.256 e. The Morgan fingerprint density at radius 2 is 1.79 bits per heavy atom. The fraction of sp³-hybridized carbons (Fsp3) is 0. The maximum absolute atomic E-state index is 5.88. The summed E-state index contributed by atoms with van der Waals surface area (Å²) in [7, 11) is 0.287. The Kier molecular flexibility index (Phi) is 3.13. The van der Waals surface area contributed by atoms with E-state index in [2.05, 4.69) is 4.98 Å². The van der Waals surface area contributed by atoms with Gasteiger partial charge in [-0.2, -0.15) is 0 Å². The number of aromatic nitrogens is 1. The van der Waals surface area contributed by atoms with Crippen molar-refractivity contribution >= 4 is 24.5 Å². The molecule has 0 aliphatic rings. The van der Waals surface area contributed by atoms with Crippen LogP contribution in [0.4, 0.5) is 0 Å². The summed E-state index contributed by atoms with van der Waals surface area (Å²) < 4.78 is 0. The molecule has 0 saturated heterocycles. The van der Waals surface area contributed by atoms with E-state index in [0.717, 1.165) is 16.6 Å². The molecule has 2 aromatic rings. The second-order valence-corrected chi connectivity index (χ2v) is 4.15. The van der Waals surface area contributed by atoms with Gasteiger partial charge in [-0.3, -0.25) is 4.98 Å². The first-order valence-corrected chi connectivity index (χ1v) is 6.30. The second kappa shape index (κ2) is 4.54. The molecule has 0 bridgehead atoms. The van der Waals surface area contributed by atoms with Crippen molar-refractivity contribution in [2.75, 3.05) is 0 Å². The molecule has 0 N–H and O–H groups in total. The number of hydrogen-bond acceptors (Lipinski definition) is 1. The minimum Gasteiger partial charge on any atom is -0.256 e. The molecule has 0 amide bonds. The van der Waals surface area contributed by atoms with E-state index in [1.165, 1.54) is 0 Å². The quantitative estimate of drug-likeness (QED) is 0.710. The first kappa shape index (κ1) is 9.64. The molecule has 0 aliphatic carbocycles. The predicted molar refractivity (Wildman–Crippen MR) is 63.5 cm³/mol. The molecule has 1 heterocycles. The van der Waals surface area contributed by atoms with Crippen LogP contribution in [0.25, 0.3) is 11.3 Å². The molecular formula is C11H9ClNP. The predicted octanol–water partition coefficient (Wildman–Crippen LogP) is 3.21. The maximum atomic E-state index is 5.88. The Balaban J connectivity index is 2.51. The summed E-state index contributed by atoms with van der Waals surface area (Å²) in [6.45, 7) is 0. The van der Waals surface area contributed by atoms with Crippen LogP contribution in [0.1, 0.15) is 0 Å². The van der Waals surface area contributed by atoms with Crippen molar-refractivity contribution in [2.45, 2.75) is 0 Å². The van der Waals surface area contributed by atoms with Crippen molar-refractivity contribution in [3.8, 4) is 11.3 Å². The van der Waals surface area contributed by atoms with Crippen LogP contribution >= 0.6 is 19.2 Å². The summed E-state index contributed by atoms with van der Waals surface area (Å²) in [5.41, 5.74) is 2.11. The van der Waals surface area contributed by atoms with Crippen LogP contribution in [-0.2, 0) is 0 Å². The third-order valence-electron chi connectivity index (χ3n) is 1.97. The summed E-state index contributed by atoms with van der Waals surface area (Å²) in [6, 6.07) is 14.0. The van der Waals surface area contributed by atoms with Gasteiger partial charge in [0.15, 0.2) is 0 Å². The van der Waals surface area contributed by atoms with Gasteiger partial charge in [-0.15, -0.1) is 0 Å². The molecule has 2 rings (SSSR count). The third kappa shape index (κ3) is 1.95. The Morgan fingerprint density at radius 3 is 2.50 bits per heavy atom. The van der Waals surface area contributed by atoms with Crippen LogP contribution in [-0.4, -0.2) is 4.98 Å². The van der Waals surface area contributed by atoms with Gasteiger partial charge in [0.05, 0.1) is 5.69 Å². The van der Waals surface area contributed by atoms with E-state index >= 15 is 0 Å². The average Bonchev–Trinajstić information content (AvgIpc) is 2.30. The van der Waals surface area contributed by atoms with Crippen LogP contribution < -0.4 is 5.30 Å². The number of rotatable bonds is 2. The topological polar surface area (TPSA) is 12.9 Å². The number of nitrogens with zero attached hydrogens (tertiary/aromatic N) is 1. The van der Waals surface area contributed by atoms with E-state index in [-0.39, 0.29) is 7.93 Å². The second-order valence-electron chi connectivity index (χ2n) is 2.86. The monoisotopic (exact) mass is 221 g/mol. The van der Waals surface area contributed by atoms with E-state index in [4.69, 9.17) is 11.2 Å². The fourth-order valence-corrected chi connectivity index (χ4v) is 2.28. The van der Waals surface area contributed by atoms with E-state index in [1.54, 1.807) is 6.20 Å².